The van der Waals surface area contributed by atoms with Gasteiger partial charge in [-0.25, -0.2) is 0 Å². The summed E-state index contributed by atoms with van der Waals surface area (Å²) in [7, 11) is 0. The van der Waals surface area contributed by atoms with Gasteiger partial charge in [0.25, 0.3) is 6.01 Å². The predicted molar refractivity (Wildman–Crippen MR) is 59.1 cm³/mol. The minimum atomic E-state index is -0.0859. The molecule has 0 aliphatic carbocycles. The topological polar surface area (TPSA) is 27.1 Å². The summed E-state index contributed by atoms with van der Waals surface area (Å²) in [6, 6.07) is 8.92. The van der Waals surface area contributed by atoms with E-state index in [0.29, 0.717) is 0 Å². The number of aromatic nitrogens is 2. The van der Waals surface area contributed by atoms with Gasteiger partial charge in [-0.3, -0.25) is 4.57 Å². The van der Waals surface area contributed by atoms with Gasteiger partial charge in [0.05, 0.1) is 11.0 Å². The van der Waals surface area contributed by atoms with E-state index in [1.807, 2.05) is 18.2 Å². The molecule has 1 aromatic carbocycles. The summed E-state index contributed by atoms with van der Waals surface area (Å²) in [6.07, 6.45) is 1.03. The Morgan fingerprint density at radius 1 is 1.33 bits per heavy atom. The van der Waals surface area contributed by atoms with Crippen molar-refractivity contribution in [1.82, 2.24) is 9.55 Å². The van der Waals surface area contributed by atoms with Crippen molar-refractivity contribution in [1.29, 1.82) is 0 Å². The molecule has 0 saturated heterocycles. The fourth-order valence-corrected chi connectivity index (χ4v) is 2.03. The second-order valence-electron chi connectivity index (χ2n) is 4.65. The third kappa shape index (κ3) is 1.30. The molecule has 3 rings (SSSR count). The molecular formula is C12H14N2O. The van der Waals surface area contributed by atoms with Crippen LogP contribution in [0.3, 0.4) is 0 Å². The number of rotatable bonds is 0. The summed E-state index contributed by atoms with van der Waals surface area (Å²) in [4.78, 5) is 4.49. The molecule has 0 N–H and O–H groups in total. The number of benzene rings is 1. The Hall–Kier alpha value is -1.51. The first-order valence-corrected chi connectivity index (χ1v) is 5.30. The van der Waals surface area contributed by atoms with Crippen molar-refractivity contribution in [2.24, 2.45) is 0 Å². The van der Waals surface area contributed by atoms with Gasteiger partial charge in [0.1, 0.15) is 5.60 Å². The molecule has 2 aromatic rings. The first kappa shape index (κ1) is 8.77. The van der Waals surface area contributed by atoms with Gasteiger partial charge in [-0.05, 0) is 26.0 Å². The molecule has 0 bridgehead atoms. The molecule has 0 spiro atoms. The molecular weight excluding hydrogens is 188 g/mol. The maximum Gasteiger partial charge on any atom is 0.297 e. The zero-order chi connectivity index (χ0) is 10.5. The van der Waals surface area contributed by atoms with E-state index in [2.05, 4.69) is 29.5 Å². The maximum absolute atomic E-state index is 5.86. The monoisotopic (exact) mass is 202 g/mol. The lowest BCUT2D eigenvalue weighted by molar-refractivity contribution is 0.0537. The molecule has 3 nitrogen and oxygen atoms in total. The van der Waals surface area contributed by atoms with E-state index >= 15 is 0 Å². The van der Waals surface area contributed by atoms with Crippen molar-refractivity contribution in [2.75, 3.05) is 0 Å². The highest BCUT2D eigenvalue weighted by molar-refractivity contribution is 5.76. The van der Waals surface area contributed by atoms with Gasteiger partial charge in [0.2, 0.25) is 0 Å². The summed E-state index contributed by atoms with van der Waals surface area (Å²) >= 11 is 0. The van der Waals surface area contributed by atoms with Gasteiger partial charge in [0, 0.05) is 13.0 Å². The van der Waals surface area contributed by atoms with Gasteiger partial charge in [-0.2, -0.15) is 4.98 Å². The molecule has 0 radical (unpaired) electrons. The molecule has 1 aliphatic rings. The lowest BCUT2D eigenvalue weighted by Crippen LogP contribution is -2.34. The van der Waals surface area contributed by atoms with Crippen molar-refractivity contribution in [2.45, 2.75) is 32.4 Å². The third-order valence-corrected chi connectivity index (χ3v) is 2.92. The molecule has 1 aliphatic heterocycles. The number of nitrogens with zero attached hydrogens (tertiary/aromatic N) is 2. The van der Waals surface area contributed by atoms with Crippen LogP contribution in [-0.2, 0) is 6.54 Å². The molecule has 0 unspecified atom stereocenters. The Morgan fingerprint density at radius 3 is 3.00 bits per heavy atom. The number of ether oxygens (including phenoxy) is 1. The fourth-order valence-electron chi connectivity index (χ4n) is 2.03. The number of fused-ring (bicyclic) bond motifs is 3. The van der Waals surface area contributed by atoms with Crippen LogP contribution in [0.5, 0.6) is 6.01 Å². The Balaban J connectivity index is 2.20. The molecule has 78 valence electrons. The highest BCUT2D eigenvalue weighted by atomic mass is 16.5. The average Bonchev–Trinajstić information content (AvgIpc) is 2.52. The predicted octanol–water partition coefficient (Wildman–Crippen LogP) is 2.60. The standard InChI is InChI=1S/C12H14N2O/c1-12(2)7-8-14-10-6-4-3-5-9(10)13-11(14)15-12/h3-6H,7-8H2,1-2H3. The smallest absolute Gasteiger partial charge is 0.297 e. The van der Waals surface area contributed by atoms with Crippen LogP contribution in [0.15, 0.2) is 24.3 Å². The molecule has 3 heteroatoms. The van der Waals surface area contributed by atoms with E-state index in [1.54, 1.807) is 0 Å². The van der Waals surface area contributed by atoms with E-state index in [1.165, 1.54) is 5.52 Å². The van der Waals surface area contributed by atoms with Crippen LogP contribution >= 0.6 is 0 Å². The quantitative estimate of drug-likeness (QED) is 0.656. The van der Waals surface area contributed by atoms with Crippen LogP contribution in [0, 0.1) is 0 Å². The molecule has 0 atom stereocenters. The SMILES string of the molecule is CC1(C)CCn2c(nc3ccccc32)O1. The summed E-state index contributed by atoms with van der Waals surface area (Å²) in [5, 5.41) is 0. The Morgan fingerprint density at radius 2 is 2.13 bits per heavy atom. The van der Waals surface area contributed by atoms with Crippen LogP contribution in [0.4, 0.5) is 0 Å². The number of hydrogen-bond acceptors (Lipinski definition) is 2. The zero-order valence-electron chi connectivity index (χ0n) is 9.03. The normalized spacial score (nSPS) is 18.5. The zero-order valence-corrected chi connectivity index (χ0v) is 9.03. The van der Waals surface area contributed by atoms with Gasteiger partial charge in [0.15, 0.2) is 0 Å². The summed E-state index contributed by atoms with van der Waals surface area (Å²) in [6.45, 7) is 5.20. The molecule has 1 aromatic heterocycles. The first-order chi connectivity index (χ1) is 7.16. The van der Waals surface area contributed by atoms with Crippen LogP contribution < -0.4 is 4.74 Å². The van der Waals surface area contributed by atoms with E-state index in [9.17, 15) is 0 Å². The summed E-state index contributed by atoms with van der Waals surface area (Å²) in [5.74, 6) is 0. The van der Waals surface area contributed by atoms with Crippen LogP contribution in [-0.4, -0.2) is 15.2 Å². The fraction of sp³-hybridized carbons (Fsp3) is 0.417. The molecule has 15 heavy (non-hydrogen) atoms. The van der Waals surface area contributed by atoms with Crippen molar-refractivity contribution in [3.8, 4) is 6.01 Å². The van der Waals surface area contributed by atoms with E-state index in [0.717, 1.165) is 24.5 Å². The highest BCUT2D eigenvalue weighted by Gasteiger charge is 2.28. The molecule has 0 amide bonds. The van der Waals surface area contributed by atoms with Crippen LogP contribution in [0.1, 0.15) is 20.3 Å². The third-order valence-electron chi connectivity index (χ3n) is 2.92. The average molecular weight is 202 g/mol. The van der Waals surface area contributed by atoms with Crippen LogP contribution in [0.25, 0.3) is 11.0 Å². The Labute approximate surface area is 88.7 Å². The molecule has 2 heterocycles. The summed E-state index contributed by atoms with van der Waals surface area (Å²) < 4.78 is 8.01. The first-order valence-electron chi connectivity index (χ1n) is 5.30. The molecule has 0 fully saturated rings. The van der Waals surface area contributed by atoms with E-state index < -0.39 is 0 Å². The highest BCUT2D eigenvalue weighted by Crippen LogP contribution is 2.31. The van der Waals surface area contributed by atoms with Crippen molar-refractivity contribution in [3.63, 3.8) is 0 Å². The van der Waals surface area contributed by atoms with Crippen LogP contribution in [0.2, 0.25) is 0 Å². The number of hydrogen-bond donors (Lipinski definition) is 0. The lowest BCUT2D eigenvalue weighted by Gasteiger charge is -2.30. The number of para-hydroxylation sites is 2. The minimum Gasteiger partial charge on any atom is -0.459 e. The Kier molecular flexibility index (Phi) is 1.61. The largest absolute Gasteiger partial charge is 0.459 e. The molecule has 0 saturated carbocycles. The minimum absolute atomic E-state index is 0.0859. The van der Waals surface area contributed by atoms with Gasteiger partial charge in [-0.15, -0.1) is 0 Å². The van der Waals surface area contributed by atoms with E-state index in [-0.39, 0.29) is 5.60 Å². The van der Waals surface area contributed by atoms with Crippen molar-refractivity contribution < 1.29 is 4.74 Å². The lowest BCUT2D eigenvalue weighted by atomic mass is 10.0. The second kappa shape index (κ2) is 2.75. The van der Waals surface area contributed by atoms with Crippen molar-refractivity contribution in [3.05, 3.63) is 24.3 Å². The van der Waals surface area contributed by atoms with Gasteiger partial charge >= 0.3 is 0 Å². The maximum atomic E-state index is 5.86. The van der Waals surface area contributed by atoms with Crippen molar-refractivity contribution >= 4 is 11.0 Å². The Bertz CT molecular complexity index is 513. The van der Waals surface area contributed by atoms with Gasteiger partial charge in [-0.1, -0.05) is 12.1 Å². The van der Waals surface area contributed by atoms with E-state index in [4.69, 9.17) is 4.74 Å². The van der Waals surface area contributed by atoms with Gasteiger partial charge < -0.3 is 4.74 Å². The number of aryl methyl sites for hydroxylation is 1. The second-order valence-corrected chi connectivity index (χ2v) is 4.65. The number of imidazole rings is 1. The summed E-state index contributed by atoms with van der Waals surface area (Å²) in [5.41, 5.74) is 2.10.